The SMILES string of the molecule is O=C(O)C1(Oc2ccc3ncccc3c2)CCN(C[C@H](O)CO)CC1. The molecule has 3 N–H and O–H groups in total. The van der Waals surface area contributed by atoms with Crippen molar-refractivity contribution in [3.05, 3.63) is 36.5 Å². The lowest BCUT2D eigenvalue weighted by Crippen LogP contribution is -2.54. The predicted molar refractivity (Wildman–Crippen MR) is 91.5 cm³/mol. The van der Waals surface area contributed by atoms with Gasteiger partial charge in [-0.15, -0.1) is 0 Å². The molecule has 3 rings (SSSR count). The first-order valence-electron chi connectivity index (χ1n) is 8.31. The summed E-state index contributed by atoms with van der Waals surface area (Å²) in [6.07, 6.45) is 1.51. The van der Waals surface area contributed by atoms with E-state index in [1.165, 1.54) is 0 Å². The first-order valence-corrected chi connectivity index (χ1v) is 8.31. The zero-order valence-electron chi connectivity index (χ0n) is 13.8. The van der Waals surface area contributed by atoms with Gasteiger partial charge >= 0.3 is 5.97 Å². The molecule has 0 amide bonds. The van der Waals surface area contributed by atoms with Crippen molar-refractivity contribution in [3.8, 4) is 5.75 Å². The smallest absolute Gasteiger partial charge is 0.348 e. The van der Waals surface area contributed by atoms with Crippen LogP contribution in [0.2, 0.25) is 0 Å². The molecule has 0 aliphatic carbocycles. The second-order valence-electron chi connectivity index (χ2n) is 6.40. The molecule has 7 heteroatoms. The second kappa shape index (κ2) is 7.35. The molecule has 0 bridgehead atoms. The largest absolute Gasteiger partial charge is 0.478 e. The van der Waals surface area contributed by atoms with Gasteiger partial charge in [0.25, 0.3) is 0 Å². The number of carboxylic acid groups (broad SMARTS) is 1. The number of aliphatic carboxylic acids is 1. The van der Waals surface area contributed by atoms with Crippen LogP contribution in [0, 0.1) is 0 Å². The number of carbonyl (C=O) groups is 1. The van der Waals surface area contributed by atoms with Gasteiger partial charge in [-0.05, 0) is 24.3 Å². The van der Waals surface area contributed by atoms with E-state index in [9.17, 15) is 15.0 Å². The molecule has 0 saturated carbocycles. The Labute approximate surface area is 145 Å². The minimum Gasteiger partial charge on any atom is -0.478 e. The molecule has 2 aromatic rings. The number of likely N-dealkylation sites (tertiary alicyclic amines) is 1. The van der Waals surface area contributed by atoms with Crippen LogP contribution in [0.3, 0.4) is 0 Å². The van der Waals surface area contributed by atoms with Gasteiger partial charge in [-0.1, -0.05) is 6.07 Å². The number of hydrogen-bond donors (Lipinski definition) is 3. The third-order valence-electron chi connectivity index (χ3n) is 4.62. The molecule has 2 heterocycles. The number of nitrogens with zero attached hydrogens (tertiary/aromatic N) is 2. The van der Waals surface area contributed by atoms with Gasteiger partial charge in [0, 0.05) is 44.1 Å². The first-order chi connectivity index (χ1) is 12.0. The lowest BCUT2D eigenvalue weighted by atomic mass is 9.91. The highest BCUT2D eigenvalue weighted by atomic mass is 16.5. The summed E-state index contributed by atoms with van der Waals surface area (Å²) in [5.41, 5.74) is -0.455. The number of aliphatic hydroxyl groups is 2. The highest BCUT2D eigenvalue weighted by Crippen LogP contribution is 2.30. The summed E-state index contributed by atoms with van der Waals surface area (Å²) in [7, 11) is 0. The number of piperidine rings is 1. The number of benzene rings is 1. The zero-order chi connectivity index (χ0) is 17.9. The molecule has 0 unspecified atom stereocenters. The number of fused-ring (bicyclic) bond motifs is 1. The summed E-state index contributed by atoms with van der Waals surface area (Å²) in [6, 6.07) is 9.08. The topological polar surface area (TPSA) is 103 Å². The quantitative estimate of drug-likeness (QED) is 0.713. The maximum atomic E-state index is 11.9. The van der Waals surface area contributed by atoms with Gasteiger partial charge in [0.05, 0.1) is 18.2 Å². The van der Waals surface area contributed by atoms with Crippen molar-refractivity contribution in [1.82, 2.24) is 9.88 Å². The van der Waals surface area contributed by atoms with Crippen molar-refractivity contribution in [2.75, 3.05) is 26.2 Å². The van der Waals surface area contributed by atoms with Crippen LogP contribution in [0.5, 0.6) is 5.75 Å². The molecular formula is C18H22N2O5. The molecule has 0 spiro atoms. The van der Waals surface area contributed by atoms with Gasteiger partial charge in [0.15, 0.2) is 0 Å². The molecule has 1 aromatic carbocycles. The predicted octanol–water partition coefficient (Wildman–Crippen LogP) is 0.886. The fourth-order valence-corrected chi connectivity index (χ4v) is 3.15. The summed E-state index contributed by atoms with van der Waals surface area (Å²) in [5.74, 6) is -0.479. The van der Waals surface area contributed by atoms with Crippen LogP contribution in [-0.4, -0.2) is 69.1 Å². The molecule has 1 aliphatic rings. The molecule has 1 aliphatic heterocycles. The highest BCUT2D eigenvalue weighted by molar-refractivity contribution is 5.81. The Hall–Kier alpha value is -2.22. The van der Waals surface area contributed by atoms with Crippen molar-refractivity contribution >= 4 is 16.9 Å². The average molecular weight is 346 g/mol. The summed E-state index contributed by atoms with van der Waals surface area (Å²) in [4.78, 5) is 18.1. The minimum absolute atomic E-state index is 0.303. The Morgan fingerprint density at radius 1 is 1.32 bits per heavy atom. The van der Waals surface area contributed by atoms with Crippen LogP contribution < -0.4 is 4.74 Å². The monoisotopic (exact) mass is 346 g/mol. The third-order valence-corrected chi connectivity index (χ3v) is 4.62. The third kappa shape index (κ3) is 3.89. The zero-order valence-corrected chi connectivity index (χ0v) is 13.8. The number of β-amino-alcohol motifs (C(OH)–C–C–N with tert-alkyl or cyclic N) is 1. The Kier molecular flexibility index (Phi) is 5.17. The fourth-order valence-electron chi connectivity index (χ4n) is 3.15. The average Bonchev–Trinajstić information content (AvgIpc) is 2.63. The van der Waals surface area contributed by atoms with Crippen molar-refractivity contribution in [2.45, 2.75) is 24.5 Å². The summed E-state index contributed by atoms with van der Waals surface area (Å²) >= 11 is 0. The van der Waals surface area contributed by atoms with Gasteiger partial charge < -0.3 is 25.0 Å². The Bertz CT molecular complexity index is 743. The van der Waals surface area contributed by atoms with Crippen molar-refractivity contribution in [2.24, 2.45) is 0 Å². The van der Waals surface area contributed by atoms with E-state index in [0.29, 0.717) is 38.2 Å². The van der Waals surface area contributed by atoms with Crippen LogP contribution >= 0.6 is 0 Å². The van der Waals surface area contributed by atoms with Gasteiger partial charge in [0.1, 0.15) is 5.75 Å². The molecule has 0 radical (unpaired) electrons. The number of carboxylic acids is 1. The number of ether oxygens (including phenoxy) is 1. The highest BCUT2D eigenvalue weighted by Gasteiger charge is 2.44. The van der Waals surface area contributed by atoms with E-state index in [1.54, 1.807) is 18.3 Å². The van der Waals surface area contributed by atoms with Gasteiger partial charge in [-0.25, -0.2) is 4.79 Å². The summed E-state index contributed by atoms with van der Waals surface area (Å²) in [6.45, 7) is 0.993. The van der Waals surface area contributed by atoms with E-state index in [4.69, 9.17) is 9.84 Å². The van der Waals surface area contributed by atoms with E-state index in [-0.39, 0.29) is 6.61 Å². The molecule has 1 fully saturated rings. The molecule has 134 valence electrons. The molecule has 1 aromatic heterocycles. The fraction of sp³-hybridized carbons (Fsp3) is 0.444. The van der Waals surface area contributed by atoms with E-state index in [1.807, 2.05) is 23.1 Å². The number of hydrogen-bond acceptors (Lipinski definition) is 6. The molecule has 7 nitrogen and oxygen atoms in total. The normalized spacial score (nSPS) is 18.8. The van der Waals surface area contributed by atoms with Crippen LogP contribution in [0.4, 0.5) is 0 Å². The van der Waals surface area contributed by atoms with Gasteiger partial charge in [-0.3, -0.25) is 4.98 Å². The second-order valence-corrected chi connectivity index (χ2v) is 6.40. The van der Waals surface area contributed by atoms with Crippen LogP contribution in [-0.2, 0) is 4.79 Å². The van der Waals surface area contributed by atoms with E-state index >= 15 is 0 Å². The lowest BCUT2D eigenvalue weighted by Gasteiger charge is -2.39. The van der Waals surface area contributed by atoms with E-state index in [0.717, 1.165) is 10.9 Å². The number of aliphatic hydroxyl groups excluding tert-OH is 2. The maximum absolute atomic E-state index is 11.9. The van der Waals surface area contributed by atoms with Gasteiger partial charge in [0.2, 0.25) is 5.60 Å². The van der Waals surface area contributed by atoms with Crippen LogP contribution in [0.1, 0.15) is 12.8 Å². The number of pyridine rings is 1. The van der Waals surface area contributed by atoms with E-state index in [2.05, 4.69) is 4.98 Å². The molecular weight excluding hydrogens is 324 g/mol. The Morgan fingerprint density at radius 2 is 2.08 bits per heavy atom. The van der Waals surface area contributed by atoms with Crippen molar-refractivity contribution in [1.29, 1.82) is 0 Å². The summed E-state index contributed by atoms with van der Waals surface area (Å²) in [5, 5.41) is 29.1. The van der Waals surface area contributed by atoms with Crippen LogP contribution in [0.25, 0.3) is 10.9 Å². The Morgan fingerprint density at radius 3 is 2.76 bits per heavy atom. The minimum atomic E-state index is -1.28. The van der Waals surface area contributed by atoms with Crippen molar-refractivity contribution in [3.63, 3.8) is 0 Å². The number of aromatic nitrogens is 1. The van der Waals surface area contributed by atoms with Gasteiger partial charge in [-0.2, -0.15) is 0 Å². The molecule has 25 heavy (non-hydrogen) atoms. The summed E-state index contributed by atoms with van der Waals surface area (Å²) < 4.78 is 5.93. The van der Waals surface area contributed by atoms with Crippen LogP contribution in [0.15, 0.2) is 36.5 Å². The Balaban J connectivity index is 1.74. The van der Waals surface area contributed by atoms with E-state index < -0.39 is 17.7 Å². The first kappa shape index (κ1) is 17.6. The van der Waals surface area contributed by atoms with Crippen molar-refractivity contribution < 1.29 is 24.9 Å². The molecule has 1 saturated heterocycles. The maximum Gasteiger partial charge on any atom is 0.348 e. The standard InChI is InChI=1S/C18H22N2O5/c21-12-14(22)11-20-8-5-18(6-9-20,17(23)24)25-15-3-4-16-13(10-15)2-1-7-19-16/h1-4,7,10,14,21-22H,5-6,8-9,11-12H2,(H,23,24)/t14-/m0/s1. The molecule has 1 atom stereocenters. The number of rotatable bonds is 6. The lowest BCUT2D eigenvalue weighted by molar-refractivity contribution is -0.160.